The lowest BCUT2D eigenvalue weighted by molar-refractivity contribution is 0.175. The van der Waals surface area contributed by atoms with Crippen LogP contribution in [0.4, 0.5) is 5.69 Å². The van der Waals surface area contributed by atoms with Crippen LogP contribution in [0.15, 0.2) is 53.5 Å². The van der Waals surface area contributed by atoms with Crippen LogP contribution in [0.3, 0.4) is 0 Å². The molecule has 2 aromatic rings. The lowest BCUT2D eigenvalue weighted by Crippen LogP contribution is -2.24. The van der Waals surface area contributed by atoms with Crippen LogP contribution in [0.5, 0.6) is 11.5 Å². The van der Waals surface area contributed by atoms with Gasteiger partial charge in [0.2, 0.25) is 0 Å². The van der Waals surface area contributed by atoms with Gasteiger partial charge in [-0.1, -0.05) is 30.3 Å². The van der Waals surface area contributed by atoms with Crippen LogP contribution in [0.25, 0.3) is 0 Å². The van der Waals surface area contributed by atoms with E-state index in [9.17, 15) is 5.11 Å². The molecule has 2 unspecified atom stereocenters. The van der Waals surface area contributed by atoms with Gasteiger partial charge in [0.1, 0.15) is 0 Å². The predicted molar refractivity (Wildman–Crippen MR) is 121 cm³/mol. The molecule has 4 N–H and O–H groups in total. The fourth-order valence-corrected chi connectivity index (χ4v) is 2.76. The molecular formula is C20H28IN3O3. The highest BCUT2D eigenvalue weighted by Gasteiger charge is 2.14. The van der Waals surface area contributed by atoms with Gasteiger partial charge in [-0.2, -0.15) is 0 Å². The van der Waals surface area contributed by atoms with Crippen molar-refractivity contribution in [2.75, 3.05) is 26.1 Å². The van der Waals surface area contributed by atoms with E-state index in [1.807, 2.05) is 36.4 Å². The Bertz CT molecular complexity index is 724. The number of methoxy groups -OCH3 is 2. The smallest absolute Gasteiger partial charge is 0.193 e. The number of aliphatic hydroxyl groups is 1. The van der Waals surface area contributed by atoms with Crippen molar-refractivity contribution in [2.24, 2.45) is 10.7 Å². The van der Waals surface area contributed by atoms with Gasteiger partial charge in [0.05, 0.1) is 20.3 Å². The molecule has 0 aliphatic rings. The third-order valence-corrected chi connectivity index (χ3v) is 4.03. The monoisotopic (exact) mass is 485 g/mol. The number of nitrogens with one attached hydrogen (secondary N) is 1. The molecule has 0 aliphatic heterocycles. The number of aliphatic hydroxyl groups excluding tert-OH is 1. The van der Waals surface area contributed by atoms with Crippen LogP contribution in [0, 0.1) is 0 Å². The molecule has 6 nitrogen and oxygen atoms in total. The Morgan fingerprint density at radius 3 is 2.37 bits per heavy atom. The fraction of sp³-hybridized carbons (Fsp3) is 0.350. The van der Waals surface area contributed by atoms with E-state index in [1.54, 1.807) is 33.3 Å². The van der Waals surface area contributed by atoms with Gasteiger partial charge in [-0.05, 0) is 31.0 Å². The molecule has 0 amide bonds. The number of anilines is 1. The molecule has 0 radical (unpaired) electrons. The number of hydrogen-bond donors (Lipinski definition) is 3. The molecule has 0 bridgehead atoms. The first kappa shape index (κ1) is 23.0. The molecule has 148 valence electrons. The van der Waals surface area contributed by atoms with Crippen LogP contribution in [0.2, 0.25) is 0 Å². The third-order valence-electron chi connectivity index (χ3n) is 4.03. The number of rotatable bonds is 8. The molecule has 2 rings (SSSR count). The maximum absolute atomic E-state index is 9.77. The van der Waals surface area contributed by atoms with E-state index in [2.05, 4.69) is 10.3 Å². The molecular weight excluding hydrogens is 457 g/mol. The van der Waals surface area contributed by atoms with E-state index in [0.717, 1.165) is 11.3 Å². The highest BCUT2D eigenvalue weighted by atomic mass is 127. The summed E-state index contributed by atoms with van der Waals surface area (Å²) in [7, 11) is 3.17. The molecule has 0 spiro atoms. The van der Waals surface area contributed by atoms with E-state index in [4.69, 9.17) is 15.2 Å². The molecule has 0 fully saturated rings. The Morgan fingerprint density at radius 1 is 1.11 bits per heavy atom. The van der Waals surface area contributed by atoms with Gasteiger partial charge in [0.15, 0.2) is 17.5 Å². The zero-order chi connectivity index (χ0) is 18.9. The summed E-state index contributed by atoms with van der Waals surface area (Å²) < 4.78 is 10.5. The SMILES string of the molecule is COc1ccc(NC(N)=NCC(CC(C)O)c2ccccc2)cc1OC.I. The summed E-state index contributed by atoms with van der Waals surface area (Å²) in [6.07, 6.45) is 0.215. The van der Waals surface area contributed by atoms with Crippen molar-refractivity contribution in [3.05, 3.63) is 54.1 Å². The zero-order valence-electron chi connectivity index (χ0n) is 15.9. The minimum Gasteiger partial charge on any atom is -0.493 e. The number of nitrogens with zero attached hydrogens (tertiary/aromatic N) is 1. The van der Waals surface area contributed by atoms with Crippen molar-refractivity contribution >= 4 is 35.6 Å². The normalized spacial score (nSPS) is 13.3. The Hall–Kier alpha value is -2.00. The molecule has 27 heavy (non-hydrogen) atoms. The van der Waals surface area contributed by atoms with Crippen LogP contribution in [-0.4, -0.2) is 37.9 Å². The second-order valence-electron chi connectivity index (χ2n) is 6.11. The van der Waals surface area contributed by atoms with E-state index < -0.39 is 6.10 Å². The quantitative estimate of drug-likeness (QED) is 0.302. The first-order valence-corrected chi connectivity index (χ1v) is 8.55. The second-order valence-corrected chi connectivity index (χ2v) is 6.11. The summed E-state index contributed by atoms with van der Waals surface area (Å²) in [6, 6.07) is 15.5. The van der Waals surface area contributed by atoms with Crippen LogP contribution in [-0.2, 0) is 0 Å². The van der Waals surface area contributed by atoms with Crippen molar-refractivity contribution in [3.8, 4) is 11.5 Å². The second kappa shape index (κ2) is 11.7. The highest BCUT2D eigenvalue weighted by Crippen LogP contribution is 2.29. The summed E-state index contributed by atoms with van der Waals surface area (Å²) in [5, 5.41) is 12.8. The van der Waals surface area contributed by atoms with Crippen molar-refractivity contribution in [2.45, 2.75) is 25.4 Å². The maximum Gasteiger partial charge on any atom is 0.193 e. The first-order chi connectivity index (χ1) is 12.5. The van der Waals surface area contributed by atoms with Crippen molar-refractivity contribution in [3.63, 3.8) is 0 Å². The summed E-state index contributed by atoms with van der Waals surface area (Å²) in [5.74, 6) is 1.67. The van der Waals surface area contributed by atoms with E-state index in [1.165, 1.54) is 0 Å². The lowest BCUT2D eigenvalue weighted by atomic mass is 9.93. The van der Waals surface area contributed by atoms with Gasteiger partial charge < -0.3 is 25.6 Å². The standard InChI is InChI=1S/C20H27N3O3.HI/c1-14(24)11-16(15-7-5-4-6-8-15)13-22-20(21)23-17-9-10-18(25-2)19(12-17)26-3;/h4-10,12,14,16,24H,11,13H2,1-3H3,(H3,21,22,23);1H. The molecule has 0 saturated carbocycles. The first-order valence-electron chi connectivity index (χ1n) is 8.55. The van der Waals surface area contributed by atoms with Crippen molar-refractivity contribution in [1.29, 1.82) is 0 Å². The number of ether oxygens (including phenoxy) is 2. The number of hydrogen-bond acceptors (Lipinski definition) is 4. The molecule has 0 heterocycles. The predicted octanol–water partition coefficient (Wildman–Crippen LogP) is 3.60. The van der Waals surface area contributed by atoms with Crippen molar-refractivity contribution < 1.29 is 14.6 Å². The Morgan fingerprint density at radius 2 is 1.78 bits per heavy atom. The van der Waals surface area contributed by atoms with Crippen LogP contribution in [0.1, 0.15) is 24.8 Å². The van der Waals surface area contributed by atoms with E-state index in [0.29, 0.717) is 30.4 Å². The van der Waals surface area contributed by atoms with Gasteiger partial charge >= 0.3 is 0 Å². The van der Waals surface area contributed by atoms with E-state index in [-0.39, 0.29) is 29.9 Å². The minimum absolute atomic E-state index is 0. The van der Waals surface area contributed by atoms with Gasteiger partial charge in [-0.3, -0.25) is 4.99 Å². The third kappa shape index (κ3) is 7.26. The maximum atomic E-state index is 9.77. The van der Waals surface area contributed by atoms with E-state index >= 15 is 0 Å². The summed E-state index contributed by atoms with van der Waals surface area (Å²) >= 11 is 0. The Balaban J connectivity index is 0.00000364. The fourth-order valence-electron chi connectivity index (χ4n) is 2.76. The van der Waals surface area contributed by atoms with Gasteiger partial charge in [-0.15, -0.1) is 24.0 Å². The largest absolute Gasteiger partial charge is 0.493 e. The number of guanidine groups is 1. The average Bonchev–Trinajstić information content (AvgIpc) is 2.65. The Kier molecular flexibility index (Phi) is 9.95. The summed E-state index contributed by atoms with van der Waals surface area (Å²) in [6.45, 7) is 2.27. The van der Waals surface area contributed by atoms with Gasteiger partial charge in [0, 0.05) is 24.2 Å². The summed E-state index contributed by atoms with van der Waals surface area (Å²) in [4.78, 5) is 4.45. The molecule has 0 aliphatic carbocycles. The number of aliphatic imine (C=N–C) groups is 1. The van der Waals surface area contributed by atoms with Gasteiger partial charge in [-0.25, -0.2) is 0 Å². The Labute approximate surface area is 177 Å². The molecule has 2 aromatic carbocycles. The number of halogens is 1. The lowest BCUT2D eigenvalue weighted by Gasteiger charge is -2.17. The number of benzene rings is 2. The van der Waals surface area contributed by atoms with Crippen LogP contribution >= 0.6 is 24.0 Å². The highest BCUT2D eigenvalue weighted by molar-refractivity contribution is 14.0. The average molecular weight is 485 g/mol. The summed E-state index contributed by atoms with van der Waals surface area (Å²) in [5.41, 5.74) is 7.92. The zero-order valence-corrected chi connectivity index (χ0v) is 18.2. The topological polar surface area (TPSA) is 89.1 Å². The van der Waals surface area contributed by atoms with Gasteiger partial charge in [0.25, 0.3) is 0 Å². The number of nitrogens with two attached hydrogens (primary N) is 1. The minimum atomic E-state index is -0.407. The van der Waals surface area contributed by atoms with Crippen molar-refractivity contribution in [1.82, 2.24) is 0 Å². The molecule has 0 saturated heterocycles. The molecule has 0 aromatic heterocycles. The van der Waals surface area contributed by atoms with Crippen LogP contribution < -0.4 is 20.5 Å². The molecule has 2 atom stereocenters. The molecule has 7 heteroatoms.